The van der Waals surface area contributed by atoms with Crippen molar-refractivity contribution in [2.75, 3.05) is 34.7 Å². The van der Waals surface area contributed by atoms with Crippen molar-refractivity contribution < 1.29 is 28.6 Å². The highest BCUT2D eigenvalue weighted by molar-refractivity contribution is 6.06. The van der Waals surface area contributed by atoms with Gasteiger partial charge in [-0.3, -0.25) is 14.6 Å². The minimum atomic E-state index is -0.610. The largest absolute Gasteiger partial charge is 0.496 e. The summed E-state index contributed by atoms with van der Waals surface area (Å²) < 4.78 is 16.9. The Morgan fingerprint density at radius 2 is 1.68 bits per heavy atom. The van der Waals surface area contributed by atoms with Crippen molar-refractivity contribution in [3.05, 3.63) is 58.8 Å². The summed E-state index contributed by atoms with van der Waals surface area (Å²) in [4.78, 5) is 52.4. The van der Waals surface area contributed by atoms with Gasteiger partial charge < -0.3 is 30.2 Å². The number of methoxy groups -OCH3 is 2. The van der Waals surface area contributed by atoms with Crippen LogP contribution < -0.4 is 35.2 Å². The predicted molar refractivity (Wildman–Crippen MR) is 193 cm³/mol. The third kappa shape index (κ3) is 8.20. The van der Waals surface area contributed by atoms with Crippen molar-refractivity contribution in [3.63, 3.8) is 0 Å². The minimum Gasteiger partial charge on any atom is -0.496 e. The fraction of sp³-hybridized carbons (Fsp3) is 0.486. The molecule has 1 aliphatic carbocycles. The van der Waals surface area contributed by atoms with Crippen molar-refractivity contribution >= 4 is 41.2 Å². The summed E-state index contributed by atoms with van der Waals surface area (Å²) in [6, 6.07) is 8.67. The number of anilines is 4. The molecule has 1 fully saturated rings. The summed E-state index contributed by atoms with van der Waals surface area (Å²) >= 11 is 0. The number of carbonyl (C=O) groups is 3. The maximum atomic E-state index is 14.7. The Labute approximate surface area is 294 Å². The lowest BCUT2D eigenvalue weighted by Gasteiger charge is -2.38. The zero-order valence-electron chi connectivity index (χ0n) is 30.3. The molecule has 1 aliphatic heterocycles. The number of urea groups is 1. The zero-order chi connectivity index (χ0) is 36.2. The first-order valence-corrected chi connectivity index (χ1v) is 17.1. The van der Waals surface area contributed by atoms with Crippen molar-refractivity contribution in [1.82, 2.24) is 15.3 Å². The molecule has 0 radical (unpaired) electrons. The Bertz CT molecular complexity index is 1710. The third-order valence-corrected chi connectivity index (χ3v) is 8.96. The molecule has 1 saturated carbocycles. The van der Waals surface area contributed by atoms with Gasteiger partial charge in [0.2, 0.25) is 11.9 Å². The number of rotatable bonds is 10. The van der Waals surface area contributed by atoms with Crippen LogP contribution in [-0.2, 0) is 22.6 Å². The molecule has 0 spiro atoms. The zero-order valence-corrected chi connectivity index (χ0v) is 30.3. The molecule has 0 bridgehead atoms. The van der Waals surface area contributed by atoms with E-state index in [2.05, 4.69) is 16.0 Å². The molecule has 2 aromatic carbocycles. The number of nitrogens with one attached hydrogen (secondary N) is 3. The van der Waals surface area contributed by atoms with Crippen LogP contribution in [0.1, 0.15) is 82.1 Å². The molecule has 268 valence electrons. The van der Waals surface area contributed by atoms with Crippen molar-refractivity contribution in [1.29, 1.82) is 0 Å². The number of fused-ring (bicyclic) bond motifs is 1. The lowest BCUT2D eigenvalue weighted by atomic mass is 9.90. The second kappa shape index (κ2) is 15.2. The van der Waals surface area contributed by atoms with Crippen LogP contribution in [-0.4, -0.2) is 59.9 Å². The molecule has 3 aromatic rings. The number of nitrogens with zero attached hydrogens (tertiary/aromatic N) is 4. The van der Waals surface area contributed by atoms with E-state index in [9.17, 15) is 14.4 Å². The fourth-order valence-electron chi connectivity index (χ4n) is 6.56. The van der Waals surface area contributed by atoms with Crippen LogP contribution in [0.5, 0.6) is 11.5 Å². The highest BCUT2D eigenvalue weighted by Gasteiger charge is 2.36. The van der Waals surface area contributed by atoms with Gasteiger partial charge in [0.15, 0.2) is 0 Å². The average molecular weight is 688 g/mol. The Balaban J connectivity index is 1.52. The molecule has 50 heavy (non-hydrogen) atoms. The number of benzene rings is 2. The standard InChI is InChI=1S/C37H49N7O6/c1-9-31(45)39-26-14-12-13-24(17-26)20-44-33-25(21-43(36(44)47)32-22(2)29(48-7)18-30(49-8)23(32)3)19-38-34(42-33)40-27-15-10-11-16-28(27)41-35(46)50-37(4,5)6/h12-14,17-19,27-28H,9-11,15-16,20-21H2,1-8H3,(H,39,45)(H,41,46)(H,38,40,42). The fourth-order valence-corrected chi connectivity index (χ4v) is 6.56. The van der Waals surface area contributed by atoms with Gasteiger partial charge in [-0.25, -0.2) is 14.6 Å². The molecule has 13 nitrogen and oxygen atoms in total. The number of carbonyl (C=O) groups excluding carboxylic acids is 3. The molecule has 3 N–H and O–H groups in total. The first kappa shape index (κ1) is 36.2. The monoisotopic (exact) mass is 687 g/mol. The molecular weight excluding hydrogens is 638 g/mol. The van der Waals surface area contributed by atoms with Crippen molar-refractivity contribution in [2.24, 2.45) is 0 Å². The Hall–Kier alpha value is -5.07. The Morgan fingerprint density at radius 3 is 2.32 bits per heavy atom. The summed E-state index contributed by atoms with van der Waals surface area (Å²) in [5, 5.41) is 9.39. The average Bonchev–Trinajstić information content (AvgIpc) is 3.07. The number of amides is 4. The van der Waals surface area contributed by atoms with Gasteiger partial charge in [0.1, 0.15) is 22.9 Å². The van der Waals surface area contributed by atoms with Gasteiger partial charge in [-0.2, -0.15) is 4.98 Å². The van der Waals surface area contributed by atoms with E-state index in [-0.39, 0.29) is 37.1 Å². The van der Waals surface area contributed by atoms with Crippen molar-refractivity contribution in [2.45, 2.75) is 104 Å². The Morgan fingerprint density at radius 1 is 1.00 bits per heavy atom. The van der Waals surface area contributed by atoms with E-state index in [1.807, 2.05) is 65.0 Å². The summed E-state index contributed by atoms with van der Waals surface area (Å²) in [6.07, 6.45) is 5.20. The number of hydrogen-bond donors (Lipinski definition) is 3. The quantitative estimate of drug-likeness (QED) is 0.208. The highest BCUT2D eigenvalue weighted by atomic mass is 16.6. The van der Waals surface area contributed by atoms with Crippen LogP contribution in [0.2, 0.25) is 0 Å². The molecule has 5 rings (SSSR count). The lowest BCUT2D eigenvalue weighted by Crippen LogP contribution is -2.50. The van der Waals surface area contributed by atoms with Crippen LogP contribution in [0.3, 0.4) is 0 Å². The SMILES string of the molecule is CCC(=O)Nc1cccc(CN2C(=O)N(c3c(C)c(OC)cc(OC)c3C)Cc3cnc(NC4CCCCC4NC(=O)OC(C)(C)C)nc32)c1. The van der Waals surface area contributed by atoms with Crippen LogP contribution >= 0.6 is 0 Å². The van der Waals surface area contributed by atoms with E-state index in [4.69, 9.17) is 24.2 Å². The molecule has 0 saturated heterocycles. The van der Waals surface area contributed by atoms with E-state index in [1.54, 1.807) is 37.1 Å². The maximum absolute atomic E-state index is 14.7. The van der Waals surface area contributed by atoms with E-state index >= 15 is 0 Å². The van der Waals surface area contributed by atoms with E-state index in [0.717, 1.165) is 47.9 Å². The minimum absolute atomic E-state index is 0.101. The second-order valence-corrected chi connectivity index (χ2v) is 13.8. The van der Waals surface area contributed by atoms with E-state index in [0.29, 0.717) is 41.1 Å². The maximum Gasteiger partial charge on any atom is 0.407 e. The predicted octanol–water partition coefficient (Wildman–Crippen LogP) is 6.85. The lowest BCUT2D eigenvalue weighted by molar-refractivity contribution is -0.115. The molecule has 4 amide bonds. The summed E-state index contributed by atoms with van der Waals surface area (Å²) in [7, 11) is 3.18. The van der Waals surface area contributed by atoms with E-state index in [1.165, 1.54) is 0 Å². The highest BCUT2D eigenvalue weighted by Crippen LogP contribution is 2.42. The summed E-state index contributed by atoms with van der Waals surface area (Å²) in [6.45, 7) is 11.5. The normalized spacial score (nSPS) is 17.5. The van der Waals surface area contributed by atoms with Gasteiger partial charge in [0.25, 0.3) is 0 Å². The molecule has 2 heterocycles. The number of ether oxygens (including phenoxy) is 3. The van der Waals surface area contributed by atoms with Gasteiger partial charge in [-0.1, -0.05) is 31.9 Å². The molecule has 13 heteroatoms. The summed E-state index contributed by atoms with van der Waals surface area (Å²) in [5.74, 6) is 1.94. The van der Waals surface area contributed by atoms with Crippen molar-refractivity contribution in [3.8, 4) is 11.5 Å². The molecule has 2 aliphatic rings. The van der Waals surface area contributed by atoms with E-state index < -0.39 is 11.7 Å². The van der Waals surface area contributed by atoms with Crippen LogP contribution in [0.4, 0.5) is 32.7 Å². The molecule has 2 atom stereocenters. The summed E-state index contributed by atoms with van der Waals surface area (Å²) in [5.41, 5.74) is 3.87. The van der Waals surface area contributed by atoms with Gasteiger partial charge in [0, 0.05) is 47.1 Å². The smallest absolute Gasteiger partial charge is 0.407 e. The number of alkyl carbamates (subject to hydrolysis) is 1. The van der Waals surface area contributed by atoms with Gasteiger partial charge in [-0.15, -0.1) is 0 Å². The van der Waals surface area contributed by atoms with Crippen LogP contribution in [0.25, 0.3) is 0 Å². The number of aromatic nitrogens is 2. The third-order valence-electron chi connectivity index (χ3n) is 8.96. The first-order chi connectivity index (χ1) is 23.8. The molecule has 1 aromatic heterocycles. The topological polar surface area (TPSA) is 147 Å². The van der Waals surface area contributed by atoms with Gasteiger partial charge >= 0.3 is 12.1 Å². The first-order valence-electron chi connectivity index (χ1n) is 17.1. The molecular formula is C37H49N7O6. The van der Waals surface area contributed by atoms with Crippen LogP contribution in [0.15, 0.2) is 36.5 Å². The van der Waals surface area contributed by atoms with Crippen LogP contribution in [0, 0.1) is 13.8 Å². The molecule has 2 unspecified atom stereocenters. The number of hydrogen-bond acceptors (Lipinski definition) is 9. The second-order valence-electron chi connectivity index (χ2n) is 13.8. The van der Waals surface area contributed by atoms with Gasteiger partial charge in [0.05, 0.1) is 39.0 Å². The Kier molecular flexibility index (Phi) is 11.0. The van der Waals surface area contributed by atoms with Gasteiger partial charge in [-0.05, 0) is 65.2 Å².